The fourth-order valence-electron chi connectivity index (χ4n) is 4.08. The first-order valence-corrected chi connectivity index (χ1v) is 11.2. The number of rotatable bonds is 3. The van der Waals surface area contributed by atoms with Crippen molar-refractivity contribution in [3.63, 3.8) is 0 Å². The zero-order valence-electron chi connectivity index (χ0n) is 14.7. The fourth-order valence-corrected chi connectivity index (χ4v) is 5.89. The van der Waals surface area contributed by atoms with Gasteiger partial charge in [-0.15, -0.1) is 0 Å². The third kappa shape index (κ3) is 3.93. The molecule has 1 aromatic carbocycles. The number of primary sulfonamides is 1. The third-order valence-electron chi connectivity index (χ3n) is 5.78. The molecule has 0 aliphatic heterocycles. The molecular formula is C16H24N2O6S2. The Labute approximate surface area is 153 Å². The molecule has 0 aromatic heterocycles. The van der Waals surface area contributed by atoms with Crippen LogP contribution in [0.15, 0.2) is 29.2 Å². The molecule has 0 saturated heterocycles. The summed E-state index contributed by atoms with van der Waals surface area (Å²) in [5.41, 5.74) is 4.73. The lowest BCUT2D eigenvalue weighted by Gasteiger charge is -2.35. The van der Waals surface area contributed by atoms with Gasteiger partial charge in [-0.2, -0.15) is 8.42 Å². The lowest BCUT2D eigenvalue weighted by Crippen LogP contribution is -2.42. The van der Waals surface area contributed by atoms with Crippen molar-refractivity contribution in [2.45, 2.75) is 38.0 Å². The van der Waals surface area contributed by atoms with Crippen LogP contribution in [0.2, 0.25) is 0 Å². The molecule has 10 heteroatoms. The number of anilines is 1. The Morgan fingerprint density at radius 1 is 1.15 bits per heavy atom. The number of carbonyl (C=O) groups excluding carboxylic acids is 1. The lowest BCUT2D eigenvalue weighted by atomic mass is 9.70. The van der Waals surface area contributed by atoms with Gasteiger partial charge < -0.3 is 5.73 Å². The van der Waals surface area contributed by atoms with Crippen LogP contribution in [0.1, 0.15) is 33.1 Å². The van der Waals surface area contributed by atoms with Crippen LogP contribution in [0.4, 0.5) is 5.69 Å². The predicted molar refractivity (Wildman–Crippen MR) is 97.2 cm³/mol. The van der Waals surface area contributed by atoms with Crippen LogP contribution >= 0.6 is 0 Å². The Bertz CT molecular complexity index is 907. The van der Waals surface area contributed by atoms with Gasteiger partial charge in [-0.3, -0.25) is 9.35 Å². The SMILES string of the molecule is CC1(C)C2CCC1(CS(=O)(=O)O)C(=O)C2.Nc1ccc(S(N)(=O)=O)cc1. The summed E-state index contributed by atoms with van der Waals surface area (Å²) >= 11 is 0. The van der Waals surface area contributed by atoms with Crippen LogP contribution < -0.4 is 10.9 Å². The number of sulfonamides is 1. The fraction of sp³-hybridized carbons (Fsp3) is 0.562. The first-order chi connectivity index (χ1) is 11.7. The second-order valence-corrected chi connectivity index (χ2v) is 10.5. The maximum atomic E-state index is 11.9. The van der Waals surface area contributed by atoms with Crippen LogP contribution in [0.5, 0.6) is 0 Å². The minimum absolute atomic E-state index is 0.0152. The summed E-state index contributed by atoms with van der Waals surface area (Å²) in [7, 11) is -7.65. The second-order valence-electron chi connectivity index (χ2n) is 7.51. The molecule has 0 spiro atoms. The molecule has 2 saturated carbocycles. The number of benzene rings is 1. The lowest BCUT2D eigenvalue weighted by molar-refractivity contribution is -0.128. The number of carbonyl (C=O) groups is 1. The van der Waals surface area contributed by atoms with Crippen molar-refractivity contribution in [3.8, 4) is 0 Å². The highest BCUT2D eigenvalue weighted by Gasteiger charge is 2.65. The number of nitrogens with two attached hydrogens (primary N) is 2. The summed E-state index contributed by atoms with van der Waals surface area (Å²) in [4.78, 5) is 12.0. The van der Waals surface area contributed by atoms with Crippen molar-refractivity contribution in [2.75, 3.05) is 11.5 Å². The molecule has 26 heavy (non-hydrogen) atoms. The molecule has 8 nitrogen and oxygen atoms in total. The smallest absolute Gasteiger partial charge is 0.265 e. The second kappa shape index (κ2) is 6.59. The van der Waals surface area contributed by atoms with Gasteiger partial charge in [-0.25, -0.2) is 13.6 Å². The Kier molecular flexibility index (Phi) is 5.28. The Hall–Kier alpha value is -1.49. The minimum Gasteiger partial charge on any atom is -0.399 e. The van der Waals surface area contributed by atoms with E-state index in [2.05, 4.69) is 0 Å². The molecule has 5 N–H and O–H groups in total. The molecule has 0 heterocycles. The monoisotopic (exact) mass is 404 g/mol. The van der Waals surface area contributed by atoms with E-state index in [0.717, 1.165) is 6.42 Å². The number of ketones is 1. The number of hydrogen-bond acceptors (Lipinski definition) is 6. The summed E-state index contributed by atoms with van der Waals surface area (Å²) in [6.07, 6.45) is 1.97. The molecule has 2 bridgehead atoms. The topological polar surface area (TPSA) is 158 Å². The van der Waals surface area contributed by atoms with E-state index in [1.54, 1.807) is 0 Å². The quantitative estimate of drug-likeness (QED) is 0.504. The van der Waals surface area contributed by atoms with Gasteiger partial charge in [0.15, 0.2) is 0 Å². The number of Topliss-reactive ketones (excluding diaryl/α,β-unsaturated/α-hetero) is 1. The maximum absolute atomic E-state index is 11.9. The van der Waals surface area contributed by atoms with E-state index in [1.807, 2.05) is 13.8 Å². The van der Waals surface area contributed by atoms with Gasteiger partial charge in [0.25, 0.3) is 10.1 Å². The zero-order chi connectivity index (χ0) is 20.0. The minimum atomic E-state index is -4.08. The molecule has 0 radical (unpaired) electrons. The summed E-state index contributed by atoms with van der Waals surface area (Å²) in [6, 6.07) is 5.70. The maximum Gasteiger partial charge on any atom is 0.265 e. The summed E-state index contributed by atoms with van der Waals surface area (Å²) in [6.45, 7) is 3.89. The van der Waals surface area contributed by atoms with Crippen molar-refractivity contribution >= 4 is 31.6 Å². The van der Waals surface area contributed by atoms with Crippen LogP contribution in [-0.2, 0) is 24.9 Å². The highest BCUT2D eigenvalue weighted by Crippen LogP contribution is 2.64. The Morgan fingerprint density at radius 3 is 2.04 bits per heavy atom. The molecule has 1 aromatic rings. The molecule has 2 atom stereocenters. The van der Waals surface area contributed by atoms with E-state index in [4.69, 9.17) is 15.4 Å². The first kappa shape index (κ1) is 20.8. The average molecular weight is 405 g/mol. The third-order valence-corrected chi connectivity index (χ3v) is 7.56. The molecule has 3 rings (SSSR count). The van der Waals surface area contributed by atoms with Crippen molar-refractivity contribution in [1.29, 1.82) is 0 Å². The molecule has 2 aliphatic carbocycles. The zero-order valence-corrected chi connectivity index (χ0v) is 16.3. The predicted octanol–water partition coefficient (Wildman–Crippen LogP) is 1.19. The van der Waals surface area contributed by atoms with Crippen LogP contribution in [0, 0.1) is 16.7 Å². The van der Waals surface area contributed by atoms with Crippen molar-refractivity contribution in [2.24, 2.45) is 21.9 Å². The van der Waals surface area contributed by atoms with Crippen molar-refractivity contribution in [3.05, 3.63) is 24.3 Å². The molecule has 146 valence electrons. The molecule has 2 unspecified atom stereocenters. The molecule has 2 fully saturated rings. The van der Waals surface area contributed by atoms with Crippen LogP contribution in [0.3, 0.4) is 0 Å². The summed E-state index contributed by atoms with van der Waals surface area (Å²) in [5.74, 6) is -0.101. The van der Waals surface area contributed by atoms with E-state index >= 15 is 0 Å². The molecular weight excluding hydrogens is 380 g/mol. The summed E-state index contributed by atoms with van der Waals surface area (Å²) in [5, 5.41) is 4.84. The van der Waals surface area contributed by atoms with Crippen LogP contribution in [-0.4, -0.2) is 32.9 Å². The normalized spacial score (nSPS) is 27.1. The Morgan fingerprint density at radius 2 is 1.69 bits per heavy atom. The van der Waals surface area contributed by atoms with Gasteiger partial charge in [0, 0.05) is 12.1 Å². The van der Waals surface area contributed by atoms with Gasteiger partial charge in [-0.1, -0.05) is 13.8 Å². The number of hydrogen-bond donors (Lipinski definition) is 3. The highest BCUT2D eigenvalue weighted by molar-refractivity contribution is 7.89. The highest BCUT2D eigenvalue weighted by atomic mass is 32.2. The Balaban J connectivity index is 0.000000197. The van der Waals surface area contributed by atoms with Gasteiger partial charge in [0.05, 0.1) is 16.1 Å². The van der Waals surface area contributed by atoms with E-state index in [1.165, 1.54) is 24.3 Å². The van der Waals surface area contributed by atoms with E-state index in [9.17, 15) is 21.6 Å². The number of nitrogen functional groups attached to an aromatic ring is 1. The van der Waals surface area contributed by atoms with Gasteiger partial charge >= 0.3 is 0 Å². The standard InChI is InChI=1S/C10H16O4S.C6H8N2O2S/c1-9(2)7-3-4-10(9,8(11)5-7)6-15(12,13)14;7-5-1-3-6(4-2-5)11(8,9)10/h7H,3-6H2,1-2H3,(H,12,13,14);1-4H,7H2,(H2,8,9,10). The van der Waals surface area contributed by atoms with Gasteiger partial charge in [-0.05, 0) is 48.4 Å². The van der Waals surface area contributed by atoms with E-state index in [-0.39, 0.29) is 22.0 Å². The van der Waals surface area contributed by atoms with E-state index < -0.39 is 31.3 Å². The summed E-state index contributed by atoms with van der Waals surface area (Å²) < 4.78 is 52.3. The average Bonchev–Trinajstić information content (AvgIpc) is 2.79. The van der Waals surface area contributed by atoms with Gasteiger partial charge in [0.2, 0.25) is 10.0 Å². The first-order valence-electron chi connectivity index (χ1n) is 8.06. The van der Waals surface area contributed by atoms with E-state index in [0.29, 0.717) is 18.5 Å². The largest absolute Gasteiger partial charge is 0.399 e. The van der Waals surface area contributed by atoms with Crippen molar-refractivity contribution < 1.29 is 26.2 Å². The molecule has 0 amide bonds. The van der Waals surface area contributed by atoms with Gasteiger partial charge in [0.1, 0.15) is 5.78 Å². The van der Waals surface area contributed by atoms with Crippen molar-refractivity contribution in [1.82, 2.24) is 0 Å². The number of fused-ring (bicyclic) bond motifs is 2. The van der Waals surface area contributed by atoms with Crippen LogP contribution in [0.25, 0.3) is 0 Å². The molecule has 2 aliphatic rings.